The highest BCUT2D eigenvalue weighted by atomic mass is 32.2. The number of carbonyl (C=O) groups is 1. The minimum Gasteiger partial charge on any atom is -0.396 e. The van der Waals surface area contributed by atoms with Crippen LogP contribution in [0.2, 0.25) is 0 Å². The van der Waals surface area contributed by atoms with Gasteiger partial charge in [-0.3, -0.25) is 4.79 Å². The molecule has 92 valence electrons. The molecule has 0 aliphatic carbocycles. The minimum absolute atomic E-state index is 0.0730. The molecule has 1 unspecified atom stereocenters. The maximum atomic E-state index is 13.3. The molecule has 1 atom stereocenters. The van der Waals surface area contributed by atoms with E-state index in [1.165, 1.54) is 12.1 Å². The Labute approximate surface area is 104 Å². The van der Waals surface area contributed by atoms with Crippen molar-refractivity contribution in [2.75, 3.05) is 23.8 Å². The lowest BCUT2D eigenvalue weighted by atomic mass is 10.1. The number of thioether (sulfide) groups is 1. The minimum atomic E-state index is -0.533. The summed E-state index contributed by atoms with van der Waals surface area (Å²) in [5.41, 5.74) is 5.84. The second-order valence-corrected chi connectivity index (χ2v) is 5.31. The first-order valence-corrected chi connectivity index (χ1v) is 6.69. The zero-order valence-electron chi connectivity index (χ0n) is 9.65. The molecule has 0 saturated carbocycles. The standard InChI is InChI=1S/C12H15FN2OS/c1-8-7-17-5-4-15(8)12(16)9-2-3-11(14)10(13)6-9/h2-3,6,8H,4-5,7,14H2,1H3. The zero-order valence-corrected chi connectivity index (χ0v) is 10.5. The van der Waals surface area contributed by atoms with Gasteiger partial charge in [-0.15, -0.1) is 0 Å². The Balaban J connectivity index is 2.21. The van der Waals surface area contributed by atoms with E-state index < -0.39 is 5.82 Å². The van der Waals surface area contributed by atoms with Crippen LogP contribution in [-0.4, -0.2) is 34.9 Å². The van der Waals surface area contributed by atoms with Crippen LogP contribution in [0.4, 0.5) is 10.1 Å². The highest BCUT2D eigenvalue weighted by Gasteiger charge is 2.24. The molecule has 0 bridgehead atoms. The molecule has 5 heteroatoms. The first-order chi connectivity index (χ1) is 8.09. The molecule has 0 spiro atoms. The monoisotopic (exact) mass is 254 g/mol. The van der Waals surface area contributed by atoms with Gasteiger partial charge in [-0.25, -0.2) is 4.39 Å². The highest BCUT2D eigenvalue weighted by molar-refractivity contribution is 7.99. The lowest BCUT2D eigenvalue weighted by Crippen LogP contribution is -2.44. The Hall–Kier alpha value is -1.23. The number of nitrogens with two attached hydrogens (primary N) is 1. The first kappa shape index (κ1) is 12.2. The number of nitrogen functional groups attached to an aromatic ring is 1. The summed E-state index contributed by atoms with van der Waals surface area (Å²) in [7, 11) is 0. The average Bonchev–Trinajstić information content (AvgIpc) is 2.32. The highest BCUT2D eigenvalue weighted by Crippen LogP contribution is 2.20. The van der Waals surface area contributed by atoms with Crippen LogP contribution in [0.3, 0.4) is 0 Å². The van der Waals surface area contributed by atoms with E-state index in [2.05, 4.69) is 0 Å². The van der Waals surface area contributed by atoms with Crippen LogP contribution in [0.15, 0.2) is 18.2 Å². The molecular weight excluding hydrogens is 239 g/mol. The van der Waals surface area contributed by atoms with Crippen molar-refractivity contribution in [1.82, 2.24) is 4.90 Å². The molecule has 1 aromatic rings. The van der Waals surface area contributed by atoms with Gasteiger partial charge in [-0.2, -0.15) is 11.8 Å². The molecule has 1 amide bonds. The maximum absolute atomic E-state index is 13.3. The van der Waals surface area contributed by atoms with E-state index in [1.54, 1.807) is 11.0 Å². The van der Waals surface area contributed by atoms with Gasteiger partial charge in [-0.1, -0.05) is 0 Å². The number of amides is 1. The number of benzene rings is 1. The van der Waals surface area contributed by atoms with Crippen LogP contribution in [-0.2, 0) is 0 Å². The zero-order chi connectivity index (χ0) is 12.4. The second kappa shape index (κ2) is 4.96. The van der Waals surface area contributed by atoms with Crippen molar-refractivity contribution >= 4 is 23.4 Å². The largest absolute Gasteiger partial charge is 0.396 e. The summed E-state index contributed by atoms with van der Waals surface area (Å²) >= 11 is 1.84. The summed E-state index contributed by atoms with van der Waals surface area (Å²) in [6, 6.07) is 4.43. The van der Waals surface area contributed by atoms with Crippen LogP contribution in [0.1, 0.15) is 17.3 Å². The predicted octanol–water partition coefficient (Wildman–Crippen LogP) is 1.99. The number of hydrogen-bond acceptors (Lipinski definition) is 3. The fraction of sp³-hybridized carbons (Fsp3) is 0.417. The van der Waals surface area contributed by atoms with Crippen molar-refractivity contribution in [3.63, 3.8) is 0 Å². The Morgan fingerprint density at radius 3 is 3.00 bits per heavy atom. The van der Waals surface area contributed by atoms with E-state index in [0.717, 1.165) is 18.1 Å². The summed E-state index contributed by atoms with van der Waals surface area (Å²) in [4.78, 5) is 14.0. The van der Waals surface area contributed by atoms with E-state index in [1.807, 2.05) is 18.7 Å². The van der Waals surface area contributed by atoms with Crippen molar-refractivity contribution in [2.24, 2.45) is 0 Å². The van der Waals surface area contributed by atoms with Crippen molar-refractivity contribution < 1.29 is 9.18 Å². The molecule has 1 fully saturated rings. The van der Waals surface area contributed by atoms with E-state index in [9.17, 15) is 9.18 Å². The van der Waals surface area contributed by atoms with Crippen LogP contribution in [0, 0.1) is 5.82 Å². The van der Waals surface area contributed by atoms with Gasteiger partial charge >= 0.3 is 0 Å². The molecule has 2 N–H and O–H groups in total. The Morgan fingerprint density at radius 1 is 1.59 bits per heavy atom. The van der Waals surface area contributed by atoms with E-state index in [0.29, 0.717) is 5.56 Å². The summed E-state index contributed by atoms with van der Waals surface area (Å²) in [5.74, 6) is 1.23. The Kier molecular flexibility index (Phi) is 3.57. The molecule has 3 nitrogen and oxygen atoms in total. The first-order valence-electron chi connectivity index (χ1n) is 5.53. The molecule has 1 aliphatic heterocycles. The third-order valence-electron chi connectivity index (χ3n) is 2.88. The van der Waals surface area contributed by atoms with E-state index >= 15 is 0 Å². The van der Waals surface area contributed by atoms with Gasteiger partial charge in [0.2, 0.25) is 0 Å². The number of anilines is 1. The predicted molar refractivity (Wildman–Crippen MR) is 68.6 cm³/mol. The van der Waals surface area contributed by atoms with Gasteiger partial charge in [0.05, 0.1) is 5.69 Å². The lowest BCUT2D eigenvalue weighted by molar-refractivity contribution is 0.0715. The summed E-state index contributed by atoms with van der Waals surface area (Å²) in [6.07, 6.45) is 0. The number of nitrogens with zero attached hydrogens (tertiary/aromatic N) is 1. The smallest absolute Gasteiger partial charge is 0.254 e. The fourth-order valence-electron chi connectivity index (χ4n) is 1.85. The van der Waals surface area contributed by atoms with Crippen LogP contribution >= 0.6 is 11.8 Å². The van der Waals surface area contributed by atoms with Crippen LogP contribution in [0.5, 0.6) is 0 Å². The summed E-state index contributed by atoms with van der Waals surface area (Å²) in [5, 5.41) is 0. The van der Waals surface area contributed by atoms with Gasteiger partial charge in [0.1, 0.15) is 5.82 Å². The molecule has 0 radical (unpaired) electrons. The van der Waals surface area contributed by atoms with Crippen LogP contribution < -0.4 is 5.73 Å². The topological polar surface area (TPSA) is 46.3 Å². The molecule has 17 heavy (non-hydrogen) atoms. The van der Waals surface area contributed by atoms with Crippen LogP contribution in [0.25, 0.3) is 0 Å². The second-order valence-electron chi connectivity index (χ2n) is 4.16. The maximum Gasteiger partial charge on any atom is 0.254 e. The third-order valence-corrected chi connectivity index (χ3v) is 4.07. The van der Waals surface area contributed by atoms with Gasteiger partial charge < -0.3 is 10.6 Å². The van der Waals surface area contributed by atoms with Gasteiger partial charge in [0, 0.05) is 29.7 Å². The molecule has 2 rings (SSSR count). The molecule has 1 heterocycles. The molecular formula is C12H15FN2OS. The van der Waals surface area contributed by atoms with Crippen molar-refractivity contribution in [3.8, 4) is 0 Å². The van der Waals surface area contributed by atoms with Gasteiger partial charge in [0.25, 0.3) is 5.91 Å². The van der Waals surface area contributed by atoms with E-state index in [4.69, 9.17) is 5.73 Å². The Bertz CT molecular complexity index is 439. The average molecular weight is 254 g/mol. The molecule has 1 aliphatic rings. The van der Waals surface area contributed by atoms with Crippen molar-refractivity contribution in [1.29, 1.82) is 0 Å². The quantitative estimate of drug-likeness (QED) is 0.780. The van der Waals surface area contributed by atoms with Crippen molar-refractivity contribution in [3.05, 3.63) is 29.6 Å². The molecule has 0 aromatic heterocycles. The number of halogens is 1. The lowest BCUT2D eigenvalue weighted by Gasteiger charge is -2.33. The SMILES string of the molecule is CC1CSCCN1C(=O)c1ccc(N)c(F)c1. The Morgan fingerprint density at radius 2 is 2.35 bits per heavy atom. The summed E-state index contributed by atoms with van der Waals surface area (Å²) < 4.78 is 13.3. The number of carbonyl (C=O) groups excluding carboxylic acids is 1. The normalized spacial score (nSPS) is 20.4. The third kappa shape index (κ3) is 2.54. The van der Waals surface area contributed by atoms with Gasteiger partial charge in [-0.05, 0) is 25.1 Å². The number of rotatable bonds is 1. The van der Waals surface area contributed by atoms with Crippen molar-refractivity contribution in [2.45, 2.75) is 13.0 Å². The molecule has 1 saturated heterocycles. The van der Waals surface area contributed by atoms with Gasteiger partial charge in [0.15, 0.2) is 0 Å². The fourth-order valence-corrected chi connectivity index (χ4v) is 2.87. The van der Waals surface area contributed by atoms with E-state index in [-0.39, 0.29) is 17.6 Å². The summed E-state index contributed by atoms with van der Waals surface area (Å²) in [6.45, 7) is 2.73. The molecule has 1 aromatic carbocycles. The number of hydrogen-bond donors (Lipinski definition) is 1.